The first-order chi connectivity index (χ1) is 3.85. The highest BCUT2D eigenvalue weighted by Crippen LogP contribution is 1.99. The van der Waals surface area contributed by atoms with Crippen molar-refractivity contribution in [2.75, 3.05) is 0 Å². The summed E-state index contributed by atoms with van der Waals surface area (Å²) in [4.78, 5) is 0. The minimum Gasteiger partial charge on any atom is -0.128 e. The molecule has 0 aromatic heterocycles. The van der Waals surface area contributed by atoms with Crippen LogP contribution < -0.4 is 0 Å². The van der Waals surface area contributed by atoms with Crippen molar-refractivity contribution in [3.8, 4) is 0 Å². The van der Waals surface area contributed by atoms with Crippen molar-refractivity contribution in [1.82, 2.24) is 0 Å². The molecule has 0 unspecified atom stereocenters. The van der Waals surface area contributed by atoms with Gasteiger partial charge in [-0.1, -0.05) is 19.6 Å². The van der Waals surface area contributed by atoms with E-state index in [0.717, 1.165) is 6.42 Å². The molecule has 0 aromatic rings. The molecule has 0 radical (unpaired) electrons. The van der Waals surface area contributed by atoms with Crippen LogP contribution in [-0.2, 0) is 0 Å². The van der Waals surface area contributed by atoms with Gasteiger partial charge in [0.25, 0.3) is 0 Å². The van der Waals surface area contributed by atoms with Gasteiger partial charge in [0.1, 0.15) is 0 Å². The average Bonchev–Trinajstić information content (AvgIpc) is 1.83. The van der Waals surface area contributed by atoms with E-state index in [-0.39, 0.29) is 0 Å². The molecule has 0 saturated carbocycles. The molecular weight excluding hydrogens is 96.1 g/mol. The molecule has 0 saturated heterocycles. The fraction of sp³-hybridized carbons (Fsp3) is 0.375. The predicted octanol–water partition coefficient (Wildman–Crippen LogP) is 2.68. The normalized spacial score (nSPS) is 10.5. The first-order valence-electron chi connectivity index (χ1n) is 2.86. The Morgan fingerprint density at radius 2 is 2.38 bits per heavy atom. The quantitative estimate of drug-likeness (QED) is 0.377. The fourth-order valence-electron chi connectivity index (χ4n) is 0.521. The molecule has 0 heteroatoms. The molecule has 0 bridgehead atoms. The number of allylic oxidation sites excluding steroid dienone is 3. The van der Waals surface area contributed by atoms with Crippen molar-refractivity contribution in [2.24, 2.45) is 0 Å². The van der Waals surface area contributed by atoms with E-state index in [9.17, 15) is 0 Å². The van der Waals surface area contributed by atoms with Crippen LogP contribution in [0.3, 0.4) is 0 Å². The lowest BCUT2D eigenvalue weighted by Gasteiger charge is -1.88. The molecule has 0 aliphatic heterocycles. The van der Waals surface area contributed by atoms with Crippen LogP contribution in [0.15, 0.2) is 30.0 Å². The summed E-state index contributed by atoms with van der Waals surface area (Å²) < 4.78 is 0. The number of rotatable bonds is 2. The summed E-state index contributed by atoms with van der Waals surface area (Å²) in [6.07, 6.45) is 5.04. The van der Waals surface area contributed by atoms with E-state index < -0.39 is 0 Å². The Labute approximate surface area is 51.2 Å². The van der Waals surface area contributed by atoms with E-state index >= 15 is 0 Å². The van der Waals surface area contributed by atoms with Gasteiger partial charge in [0.15, 0.2) is 0 Å². The van der Waals surface area contributed by atoms with E-state index in [2.05, 4.69) is 25.3 Å². The molecule has 0 aromatic carbocycles. The van der Waals surface area contributed by atoms with Gasteiger partial charge < -0.3 is 0 Å². The third kappa shape index (κ3) is 2.44. The molecule has 0 spiro atoms. The number of hydrogen-bond acceptors (Lipinski definition) is 0. The van der Waals surface area contributed by atoms with E-state index in [0.29, 0.717) is 0 Å². The molecule has 0 rings (SSSR count). The molecule has 0 atom stereocenters. The van der Waals surface area contributed by atoms with Gasteiger partial charge in [0, 0.05) is 0 Å². The van der Waals surface area contributed by atoms with Crippen LogP contribution >= 0.6 is 0 Å². The van der Waals surface area contributed by atoms with Crippen molar-refractivity contribution in [2.45, 2.75) is 20.3 Å². The van der Waals surface area contributed by atoms with E-state index in [1.54, 1.807) is 0 Å². The summed E-state index contributed by atoms with van der Waals surface area (Å²) in [5.41, 5.74) is 4.02. The van der Waals surface area contributed by atoms with Crippen LogP contribution in [0.1, 0.15) is 20.3 Å². The molecule has 0 nitrogen and oxygen atoms in total. The van der Waals surface area contributed by atoms with Crippen LogP contribution in [0, 0.1) is 0 Å². The van der Waals surface area contributed by atoms with Gasteiger partial charge in [-0.2, -0.15) is 0 Å². The smallest absolute Gasteiger partial charge is 0.0177 e. The highest BCUT2D eigenvalue weighted by atomic mass is 13.8. The Balaban J connectivity index is 3.91. The van der Waals surface area contributed by atoms with E-state index in [4.69, 9.17) is 0 Å². The van der Waals surface area contributed by atoms with Crippen LogP contribution in [0.5, 0.6) is 0 Å². The second-order valence-corrected chi connectivity index (χ2v) is 1.57. The highest BCUT2D eigenvalue weighted by Gasteiger charge is 1.79. The highest BCUT2D eigenvalue weighted by molar-refractivity contribution is 5.15. The number of hydrogen-bond donors (Lipinski definition) is 0. The summed E-state index contributed by atoms with van der Waals surface area (Å²) in [7, 11) is 0. The lowest BCUT2D eigenvalue weighted by atomic mass is 10.2. The third-order valence-electron chi connectivity index (χ3n) is 1.07. The van der Waals surface area contributed by atoms with Gasteiger partial charge >= 0.3 is 0 Å². The first-order valence-corrected chi connectivity index (χ1v) is 2.86. The fourth-order valence-corrected chi connectivity index (χ4v) is 0.521. The molecule has 0 aliphatic carbocycles. The van der Waals surface area contributed by atoms with Gasteiger partial charge in [-0.05, 0) is 25.0 Å². The average molecular weight is 108 g/mol. The zero-order valence-electron chi connectivity index (χ0n) is 5.57. The maximum Gasteiger partial charge on any atom is -0.0177 e. The SMILES string of the molecule is C=C=CC(=CC)CC. The third-order valence-corrected chi connectivity index (χ3v) is 1.07. The van der Waals surface area contributed by atoms with Crippen LogP contribution in [0.25, 0.3) is 0 Å². The minimum atomic E-state index is 1.07. The molecule has 0 amide bonds. The van der Waals surface area contributed by atoms with Gasteiger partial charge in [0.05, 0.1) is 0 Å². The predicted molar refractivity (Wildman–Crippen MR) is 37.8 cm³/mol. The van der Waals surface area contributed by atoms with Crippen molar-refractivity contribution in [3.05, 3.63) is 30.0 Å². The zero-order chi connectivity index (χ0) is 6.41. The Kier molecular flexibility index (Phi) is 4.01. The van der Waals surface area contributed by atoms with Gasteiger partial charge in [-0.15, -0.1) is 5.73 Å². The Bertz CT molecular complexity index is 123. The second-order valence-electron chi connectivity index (χ2n) is 1.57. The molecule has 0 N–H and O–H groups in total. The molecule has 0 aliphatic rings. The van der Waals surface area contributed by atoms with Crippen molar-refractivity contribution in [3.63, 3.8) is 0 Å². The standard InChI is InChI=1S/C8H12/c1-4-7-8(5-2)6-3/h5,7H,1,6H2,2-3H3. The summed E-state index contributed by atoms with van der Waals surface area (Å²) in [5, 5.41) is 0. The topological polar surface area (TPSA) is 0 Å². The molecule has 8 heavy (non-hydrogen) atoms. The Hall–Kier alpha value is -0.740. The maximum atomic E-state index is 3.48. The van der Waals surface area contributed by atoms with Crippen molar-refractivity contribution >= 4 is 0 Å². The zero-order valence-corrected chi connectivity index (χ0v) is 5.57. The van der Waals surface area contributed by atoms with Gasteiger partial charge in [-0.3, -0.25) is 0 Å². The Morgan fingerprint density at radius 1 is 1.75 bits per heavy atom. The summed E-state index contributed by atoms with van der Waals surface area (Å²) in [6, 6.07) is 0. The monoisotopic (exact) mass is 108 g/mol. The first kappa shape index (κ1) is 7.26. The summed E-state index contributed by atoms with van der Waals surface area (Å²) in [5.74, 6) is 0. The van der Waals surface area contributed by atoms with Gasteiger partial charge in [-0.25, -0.2) is 0 Å². The molecule has 44 valence electrons. The largest absolute Gasteiger partial charge is 0.128 e. The van der Waals surface area contributed by atoms with Crippen LogP contribution in [0.2, 0.25) is 0 Å². The van der Waals surface area contributed by atoms with Crippen molar-refractivity contribution in [1.29, 1.82) is 0 Å². The summed E-state index contributed by atoms with van der Waals surface area (Å²) >= 11 is 0. The molecular formula is C8H12. The van der Waals surface area contributed by atoms with E-state index in [1.165, 1.54) is 5.57 Å². The van der Waals surface area contributed by atoms with Crippen molar-refractivity contribution < 1.29 is 0 Å². The van der Waals surface area contributed by atoms with Crippen LogP contribution in [-0.4, -0.2) is 0 Å². The minimum absolute atomic E-state index is 1.07. The molecule has 0 heterocycles. The maximum absolute atomic E-state index is 3.48. The summed E-state index contributed by atoms with van der Waals surface area (Å²) in [6.45, 7) is 7.61. The lowest BCUT2D eigenvalue weighted by Crippen LogP contribution is -1.68. The van der Waals surface area contributed by atoms with E-state index in [1.807, 2.05) is 13.0 Å². The molecule has 0 fully saturated rings. The van der Waals surface area contributed by atoms with Crippen LogP contribution in [0.4, 0.5) is 0 Å². The second kappa shape index (κ2) is 4.42. The van der Waals surface area contributed by atoms with Gasteiger partial charge in [0.2, 0.25) is 0 Å². The Morgan fingerprint density at radius 3 is 2.50 bits per heavy atom. The lowest BCUT2D eigenvalue weighted by molar-refractivity contribution is 1.14.